The molecule has 1 atom stereocenters. The quantitative estimate of drug-likeness (QED) is 0.714. The van der Waals surface area contributed by atoms with Crippen LogP contribution in [0.4, 0.5) is 0 Å². The van der Waals surface area contributed by atoms with Crippen LogP contribution in [0.15, 0.2) is 30.3 Å². The predicted molar refractivity (Wildman–Crippen MR) is 82.2 cm³/mol. The molecule has 1 aliphatic heterocycles. The molecule has 0 unspecified atom stereocenters. The van der Waals surface area contributed by atoms with Gasteiger partial charge >= 0.3 is 0 Å². The summed E-state index contributed by atoms with van der Waals surface area (Å²) in [7, 11) is 2.18. The van der Waals surface area contributed by atoms with E-state index in [9.17, 15) is 0 Å². The normalized spacial score (nSPS) is 19.4. The fourth-order valence-electron chi connectivity index (χ4n) is 3.01. The van der Waals surface area contributed by atoms with E-state index >= 15 is 0 Å². The molecule has 0 N–H and O–H groups in total. The molecule has 0 radical (unpaired) electrons. The second-order valence-electron chi connectivity index (χ2n) is 5.90. The molecule has 1 aliphatic rings. The Morgan fingerprint density at radius 2 is 2.15 bits per heavy atom. The van der Waals surface area contributed by atoms with Crippen molar-refractivity contribution in [1.82, 2.24) is 9.80 Å². The number of unbranched alkanes of at least 4 members (excludes halogenated alkanes) is 1. The maximum atomic E-state index is 8.56. The van der Waals surface area contributed by atoms with Gasteiger partial charge in [0.1, 0.15) is 0 Å². The second kappa shape index (κ2) is 8.04. The molecular formula is C17H25N3. The third-order valence-corrected chi connectivity index (χ3v) is 4.02. The zero-order valence-corrected chi connectivity index (χ0v) is 12.5. The molecule has 0 aliphatic carbocycles. The average Bonchev–Trinajstić information content (AvgIpc) is 2.87. The Kier molecular flexibility index (Phi) is 6.04. The summed E-state index contributed by atoms with van der Waals surface area (Å²) >= 11 is 0. The van der Waals surface area contributed by atoms with Crippen molar-refractivity contribution < 1.29 is 0 Å². The molecule has 3 nitrogen and oxygen atoms in total. The van der Waals surface area contributed by atoms with Gasteiger partial charge in [-0.3, -0.25) is 4.90 Å². The zero-order chi connectivity index (χ0) is 14.2. The summed E-state index contributed by atoms with van der Waals surface area (Å²) in [4.78, 5) is 4.94. The third-order valence-electron chi connectivity index (χ3n) is 4.02. The van der Waals surface area contributed by atoms with Gasteiger partial charge in [0.15, 0.2) is 0 Å². The van der Waals surface area contributed by atoms with Gasteiger partial charge in [0.05, 0.1) is 6.07 Å². The average molecular weight is 271 g/mol. The van der Waals surface area contributed by atoms with Crippen molar-refractivity contribution in [1.29, 1.82) is 5.26 Å². The lowest BCUT2D eigenvalue weighted by Crippen LogP contribution is -2.29. The summed E-state index contributed by atoms with van der Waals surface area (Å²) in [6.07, 6.45) is 2.97. The molecule has 1 aromatic carbocycles. The second-order valence-corrected chi connectivity index (χ2v) is 5.90. The van der Waals surface area contributed by atoms with Crippen LogP contribution in [0.5, 0.6) is 0 Å². The van der Waals surface area contributed by atoms with Crippen LogP contribution in [0.3, 0.4) is 0 Å². The molecule has 1 heterocycles. The van der Waals surface area contributed by atoms with Gasteiger partial charge in [-0.2, -0.15) is 5.26 Å². The van der Waals surface area contributed by atoms with Crippen LogP contribution in [0.25, 0.3) is 0 Å². The molecule has 1 aromatic rings. The van der Waals surface area contributed by atoms with Gasteiger partial charge in [0, 0.05) is 26.1 Å². The molecule has 0 aromatic heterocycles. The Hall–Kier alpha value is -1.37. The standard InChI is InChI=1S/C17H25N3/c1-19(11-6-5-10-18)13-17-9-12-20(15-17)14-16-7-3-2-4-8-16/h2-4,7-8,17H,5-6,9,11-15H2,1H3/t17-/m0/s1. The van der Waals surface area contributed by atoms with Gasteiger partial charge in [0.2, 0.25) is 0 Å². The van der Waals surface area contributed by atoms with E-state index in [-0.39, 0.29) is 0 Å². The van der Waals surface area contributed by atoms with Crippen LogP contribution in [-0.4, -0.2) is 43.0 Å². The van der Waals surface area contributed by atoms with Crippen molar-refractivity contribution in [2.24, 2.45) is 5.92 Å². The van der Waals surface area contributed by atoms with Crippen LogP contribution < -0.4 is 0 Å². The van der Waals surface area contributed by atoms with Crippen molar-refractivity contribution in [3.8, 4) is 6.07 Å². The summed E-state index contributed by atoms with van der Waals surface area (Å²) in [5.74, 6) is 0.783. The topological polar surface area (TPSA) is 30.3 Å². The fraction of sp³-hybridized carbons (Fsp3) is 0.588. The SMILES string of the molecule is CN(CCCC#N)C[C@@H]1CCN(Cc2ccccc2)C1. The maximum absolute atomic E-state index is 8.56. The highest BCUT2D eigenvalue weighted by Gasteiger charge is 2.23. The van der Waals surface area contributed by atoms with Crippen molar-refractivity contribution in [3.63, 3.8) is 0 Å². The number of likely N-dealkylation sites (tertiary alicyclic amines) is 1. The monoisotopic (exact) mass is 271 g/mol. The van der Waals surface area contributed by atoms with Crippen molar-refractivity contribution in [2.75, 3.05) is 33.2 Å². The lowest BCUT2D eigenvalue weighted by Gasteiger charge is -2.21. The van der Waals surface area contributed by atoms with Crippen molar-refractivity contribution in [2.45, 2.75) is 25.8 Å². The molecule has 0 saturated carbocycles. The first-order chi connectivity index (χ1) is 9.78. The molecule has 3 heteroatoms. The molecule has 0 bridgehead atoms. The summed E-state index contributed by atoms with van der Waals surface area (Å²) in [5.41, 5.74) is 1.41. The zero-order valence-electron chi connectivity index (χ0n) is 12.5. The van der Waals surface area contributed by atoms with Gasteiger partial charge < -0.3 is 4.90 Å². The molecule has 2 rings (SSSR count). The van der Waals surface area contributed by atoms with Gasteiger partial charge in [-0.15, -0.1) is 0 Å². The van der Waals surface area contributed by atoms with Crippen LogP contribution in [-0.2, 0) is 6.54 Å². The first kappa shape index (κ1) is 15.0. The molecule has 20 heavy (non-hydrogen) atoms. The number of hydrogen-bond acceptors (Lipinski definition) is 3. The number of rotatable bonds is 7. The smallest absolute Gasteiger partial charge is 0.0622 e. The van der Waals surface area contributed by atoms with Crippen molar-refractivity contribution in [3.05, 3.63) is 35.9 Å². The van der Waals surface area contributed by atoms with E-state index in [2.05, 4.69) is 53.2 Å². The lowest BCUT2D eigenvalue weighted by molar-refractivity contribution is 0.258. The van der Waals surface area contributed by atoms with E-state index in [4.69, 9.17) is 5.26 Å². The van der Waals surface area contributed by atoms with Gasteiger partial charge in [-0.25, -0.2) is 0 Å². The Balaban J connectivity index is 1.68. The van der Waals surface area contributed by atoms with Crippen LogP contribution in [0.2, 0.25) is 0 Å². The van der Waals surface area contributed by atoms with Gasteiger partial charge in [-0.05, 0) is 44.5 Å². The highest BCUT2D eigenvalue weighted by Crippen LogP contribution is 2.19. The first-order valence-electron chi connectivity index (χ1n) is 7.59. The third kappa shape index (κ3) is 4.96. The van der Waals surface area contributed by atoms with Crippen molar-refractivity contribution >= 4 is 0 Å². The number of nitriles is 1. The summed E-state index contributed by atoms with van der Waals surface area (Å²) in [5, 5.41) is 8.56. The largest absolute Gasteiger partial charge is 0.306 e. The predicted octanol–water partition coefficient (Wildman–Crippen LogP) is 2.74. The summed E-state index contributed by atoms with van der Waals surface area (Å²) in [6, 6.07) is 12.9. The Morgan fingerprint density at radius 1 is 1.35 bits per heavy atom. The van der Waals surface area contributed by atoms with Gasteiger partial charge in [-0.1, -0.05) is 30.3 Å². The van der Waals surface area contributed by atoms with Crippen LogP contribution >= 0.6 is 0 Å². The minimum Gasteiger partial charge on any atom is -0.306 e. The van der Waals surface area contributed by atoms with E-state index in [0.29, 0.717) is 6.42 Å². The highest BCUT2D eigenvalue weighted by molar-refractivity contribution is 5.14. The summed E-state index contributed by atoms with van der Waals surface area (Å²) < 4.78 is 0. The van der Waals surface area contributed by atoms with Gasteiger partial charge in [0.25, 0.3) is 0 Å². The summed E-state index contributed by atoms with van der Waals surface area (Å²) in [6.45, 7) is 5.71. The maximum Gasteiger partial charge on any atom is 0.0622 e. The minimum atomic E-state index is 0.676. The van der Waals surface area contributed by atoms with E-state index in [1.54, 1.807) is 0 Å². The molecular weight excluding hydrogens is 246 g/mol. The van der Waals surface area contributed by atoms with Crippen LogP contribution in [0.1, 0.15) is 24.8 Å². The number of hydrogen-bond donors (Lipinski definition) is 0. The molecule has 108 valence electrons. The minimum absolute atomic E-state index is 0.676. The highest BCUT2D eigenvalue weighted by atomic mass is 15.2. The van der Waals surface area contributed by atoms with E-state index in [1.165, 1.54) is 25.1 Å². The Labute approximate surface area is 122 Å². The molecule has 1 fully saturated rings. The van der Waals surface area contributed by atoms with E-state index < -0.39 is 0 Å². The Morgan fingerprint density at radius 3 is 2.90 bits per heavy atom. The van der Waals surface area contributed by atoms with E-state index in [1.807, 2.05) is 0 Å². The lowest BCUT2D eigenvalue weighted by atomic mass is 10.1. The molecule has 1 saturated heterocycles. The number of benzene rings is 1. The Bertz CT molecular complexity index is 424. The molecule has 0 spiro atoms. The molecule has 0 amide bonds. The van der Waals surface area contributed by atoms with Crippen LogP contribution in [0, 0.1) is 17.2 Å². The first-order valence-corrected chi connectivity index (χ1v) is 7.59. The number of nitrogens with zero attached hydrogens (tertiary/aromatic N) is 3. The van der Waals surface area contributed by atoms with E-state index in [0.717, 1.165) is 32.0 Å². The fourth-order valence-corrected chi connectivity index (χ4v) is 3.01.